The van der Waals surface area contributed by atoms with Gasteiger partial charge in [0, 0.05) is 30.6 Å². The number of hydrogen-bond donors (Lipinski definition) is 3. The maximum absolute atomic E-state index is 13.1. The molecule has 7 nitrogen and oxygen atoms in total. The number of nitrogens with one attached hydrogen (secondary N) is 2. The zero-order valence-electron chi connectivity index (χ0n) is 18.0. The minimum Gasteiger partial charge on any atom is -0.478 e. The average Bonchev–Trinajstić information content (AvgIpc) is 3.12. The van der Waals surface area contributed by atoms with Gasteiger partial charge in [-0.15, -0.1) is 0 Å². The predicted octanol–water partition coefficient (Wildman–Crippen LogP) is 3.41. The summed E-state index contributed by atoms with van der Waals surface area (Å²) in [5, 5.41) is 16.4. The number of H-pyrrole nitrogens is 1. The Morgan fingerprint density at radius 3 is 2.37 bits per heavy atom. The Morgan fingerprint density at radius 2 is 1.80 bits per heavy atom. The molecule has 3 heterocycles. The van der Waals surface area contributed by atoms with Crippen LogP contribution in [0.1, 0.15) is 51.7 Å². The number of aliphatic carboxylic acids is 1. The van der Waals surface area contributed by atoms with Crippen LogP contribution in [-0.2, 0) is 11.2 Å². The second-order valence-electron chi connectivity index (χ2n) is 8.02. The van der Waals surface area contributed by atoms with Crippen molar-refractivity contribution in [2.75, 3.05) is 0 Å². The van der Waals surface area contributed by atoms with E-state index in [-0.39, 0.29) is 17.4 Å². The third-order valence-corrected chi connectivity index (χ3v) is 6.43. The van der Waals surface area contributed by atoms with Gasteiger partial charge in [0.05, 0.1) is 11.1 Å². The van der Waals surface area contributed by atoms with Gasteiger partial charge >= 0.3 is 5.97 Å². The number of carboxylic acid groups (broad SMARTS) is 1. The second kappa shape index (κ2) is 8.73. The van der Waals surface area contributed by atoms with Crippen molar-refractivity contribution in [2.45, 2.75) is 52.5 Å². The number of pyridine rings is 1. The lowest BCUT2D eigenvalue weighted by Gasteiger charge is -2.47. The number of nitrogens with zero attached hydrogens (tertiary/aromatic N) is 2. The SMILES string of the molecule is CCC(C)C1(C(C)CC)NC(n2[nH]cc(Cc3ccncc3)c2=O)=CC=C1C(=O)O. The smallest absolute Gasteiger partial charge is 0.333 e. The summed E-state index contributed by atoms with van der Waals surface area (Å²) in [5.41, 5.74) is 1.05. The van der Waals surface area contributed by atoms with Crippen molar-refractivity contribution < 1.29 is 9.90 Å². The third kappa shape index (κ3) is 3.72. The number of dihydropyridines is 1. The Hall–Kier alpha value is -3.09. The maximum Gasteiger partial charge on any atom is 0.333 e. The molecule has 160 valence electrons. The first-order valence-corrected chi connectivity index (χ1v) is 10.5. The van der Waals surface area contributed by atoms with Crippen molar-refractivity contribution in [1.82, 2.24) is 20.1 Å². The molecule has 2 atom stereocenters. The lowest BCUT2D eigenvalue weighted by molar-refractivity contribution is -0.134. The standard InChI is InChI=1S/C23H30N4O3/c1-5-15(3)23(16(4)6-2)19(22(29)30)7-8-20(26-23)27-21(28)18(14-25-27)13-17-9-11-24-12-10-17/h7-12,14-16,25-26H,5-6,13H2,1-4H3,(H,29,30). The highest BCUT2D eigenvalue weighted by Gasteiger charge is 2.47. The molecule has 2 unspecified atom stereocenters. The van der Waals surface area contributed by atoms with Crippen molar-refractivity contribution in [3.8, 4) is 0 Å². The van der Waals surface area contributed by atoms with Crippen LogP contribution in [0.4, 0.5) is 0 Å². The Labute approximate surface area is 176 Å². The van der Waals surface area contributed by atoms with Crippen LogP contribution >= 0.6 is 0 Å². The van der Waals surface area contributed by atoms with E-state index in [9.17, 15) is 14.7 Å². The highest BCUT2D eigenvalue weighted by atomic mass is 16.4. The van der Waals surface area contributed by atoms with Gasteiger partial charge in [-0.25, -0.2) is 9.48 Å². The van der Waals surface area contributed by atoms with Gasteiger partial charge in [-0.2, -0.15) is 0 Å². The molecule has 0 amide bonds. The van der Waals surface area contributed by atoms with Gasteiger partial charge < -0.3 is 10.4 Å². The normalized spacial score (nSPS) is 20.7. The van der Waals surface area contributed by atoms with Crippen LogP contribution in [0.3, 0.4) is 0 Å². The predicted molar refractivity (Wildman–Crippen MR) is 117 cm³/mol. The van der Waals surface area contributed by atoms with Crippen molar-refractivity contribution >= 4 is 11.8 Å². The summed E-state index contributed by atoms with van der Waals surface area (Å²) in [7, 11) is 0. The highest BCUT2D eigenvalue weighted by Crippen LogP contribution is 2.40. The van der Waals surface area contributed by atoms with Crippen LogP contribution in [0.15, 0.2) is 53.2 Å². The molecule has 0 aliphatic carbocycles. The number of aromatic amines is 1. The van der Waals surface area contributed by atoms with Gasteiger partial charge in [-0.05, 0) is 41.7 Å². The molecule has 7 heteroatoms. The first-order valence-electron chi connectivity index (χ1n) is 10.5. The van der Waals surface area contributed by atoms with E-state index in [2.05, 4.69) is 43.1 Å². The van der Waals surface area contributed by atoms with Crippen LogP contribution in [-0.4, -0.2) is 31.4 Å². The summed E-state index contributed by atoms with van der Waals surface area (Å²) in [6.45, 7) is 8.24. The number of allylic oxidation sites excluding steroid dienone is 2. The quantitative estimate of drug-likeness (QED) is 0.619. The molecule has 0 bridgehead atoms. The van der Waals surface area contributed by atoms with E-state index < -0.39 is 11.5 Å². The zero-order chi connectivity index (χ0) is 21.9. The van der Waals surface area contributed by atoms with Gasteiger partial charge in [-0.1, -0.05) is 40.5 Å². The van der Waals surface area contributed by atoms with E-state index in [1.165, 1.54) is 4.68 Å². The number of aromatic nitrogens is 3. The van der Waals surface area contributed by atoms with Gasteiger partial charge in [-0.3, -0.25) is 14.9 Å². The lowest BCUT2D eigenvalue weighted by Crippen LogP contribution is -2.59. The van der Waals surface area contributed by atoms with Crippen molar-refractivity contribution in [3.05, 3.63) is 69.9 Å². The van der Waals surface area contributed by atoms with E-state index in [4.69, 9.17) is 0 Å². The average molecular weight is 411 g/mol. The molecule has 0 radical (unpaired) electrons. The zero-order valence-corrected chi connectivity index (χ0v) is 18.0. The summed E-state index contributed by atoms with van der Waals surface area (Å²) in [4.78, 5) is 29.2. The van der Waals surface area contributed by atoms with E-state index in [0.29, 0.717) is 23.4 Å². The summed E-state index contributed by atoms with van der Waals surface area (Å²) in [6, 6.07) is 3.77. The number of carboxylic acids is 1. The van der Waals surface area contributed by atoms with Gasteiger partial charge in [0.2, 0.25) is 0 Å². The molecular weight excluding hydrogens is 380 g/mol. The van der Waals surface area contributed by atoms with E-state index in [0.717, 1.165) is 18.4 Å². The molecule has 0 saturated carbocycles. The Bertz CT molecular complexity index is 1010. The summed E-state index contributed by atoms with van der Waals surface area (Å²) in [6.07, 6.45) is 10.5. The summed E-state index contributed by atoms with van der Waals surface area (Å²) in [5.74, 6) is -0.261. The molecule has 0 saturated heterocycles. The van der Waals surface area contributed by atoms with Gasteiger partial charge in [0.1, 0.15) is 5.82 Å². The number of rotatable bonds is 8. The monoisotopic (exact) mass is 410 g/mol. The molecule has 30 heavy (non-hydrogen) atoms. The van der Waals surface area contributed by atoms with Crippen molar-refractivity contribution in [3.63, 3.8) is 0 Å². The van der Waals surface area contributed by atoms with Gasteiger partial charge in [0.15, 0.2) is 0 Å². The Balaban J connectivity index is 2.03. The Morgan fingerprint density at radius 1 is 1.17 bits per heavy atom. The molecule has 3 rings (SSSR count). The molecule has 2 aromatic rings. The summed E-state index contributed by atoms with van der Waals surface area (Å²) >= 11 is 0. The van der Waals surface area contributed by atoms with Crippen LogP contribution < -0.4 is 10.9 Å². The van der Waals surface area contributed by atoms with Crippen LogP contribution in [0.5, 0.6) is 0 Å². The van der Waals surface area contributed by atoms with Crippen LogP contribution in [0, 0.1) is 11.8 Å². The third-order valence-electron chi connectivity index (χ3n) is 6.43. The number of hydrogen-bond acceptors (Lipinski definition) is 4. The fraction of sp³-hybridized carbons (Fsp3) is 0.435. The summed E-state index contributed by atoms with van der Waals surface area (Å²) < 4.78 is 1.46. The fourth-order valence-electron chi connectivity index (χ4n) is 4.34. The van der Waals surface area contributed by atoms with E-state index >= 15 is 0 Å². The Kier molecular flexibility index (Phi) is 6.29. The molecule has 0 aromatic carbocycles. The first kappa shape index (κ1) is 21.6. The van der Waals surface area contributed by atoms with Crippen LogP contribution in [0.25, 0.3) is 5.82 Å². The fourth-order valence-corrected chi connectivity index (χ4v) is 4.34. The topological polar surface area (TPSA) is 100 Å². The van der Waals surface area contributed by atoms with Crippen molar-refractivity contribution in [1.29, 1.82) is 0 Å². The van der Waals surface area contributed by atoms with Crippen LogP contribution in [0.2, 0.25) is 0 Å². The van der Waals surface area contributed by atoms with E-state index in [1.54, 1.807) is 30.7 Å². The molecule has 1 aliphatic rings. The second-order valence-corrected chi connectivity index (χ2v) is 8.02. The van der Waals surface area contributed by atoms with E-state index in [1.807, 2.05) is 12.1 Å². The molecule has 3 N–H and O–H groups in total. The number of carbonyl (C=O) groups is 1. The largest absolute Gasteiger partial charge is 0.478 e. The minimum atomic E-state index is -0.935. The van der Waals surface area contributed by atoms with Crippen molar-refractivity contribution in [2.24, 2.45) is 11.8 Å². The molecular formula is C23H30N4O3. The molecule has 0 fully saturated rings. The molecule has 2 aromatic heterocycles. The van der Waals surface area contributed by atoms with Gasteiger partial charge in [0.25, 0.3) is 5.56 Å². The highest BCUT2D eigenvalue weighted by molar-refractivity contribution is 5.91. The first-order chi connectivity index (χ1) is 14.3. The lowest BCUT2D eigenvalue weighted by atomic mass is 9.67. The molecule has 0 spiro atoms. The minimum absolute atomic E-state index is 0.0560. The maximum atomic E-state index is 13.1. The molecule has 1 aliphatic heterocycles.